The molecule has 1 heterocycles. The molecular weight excluding hydrogens is 286 g/mol. The fourth-order valence-corrected chi connectivity index (χ4v) is 2.50. The molecule has 1 aromatic heterocycles. The first-order chi connectivity index (χ1) is 10.2. The van der Waals surface area contributed by atoms with E-state index >= 15 is 0 Å². The van der Waals surface area contributed by atoms with Gasteiger partial charge < -0.3 is 14.6 Å². The van der Waals surface area contributed by atoms with Crippen molar-refractivity contribution >= 4 is 11.6 Å². The van der Waals surface area contributed by atoms with Crippen molar-refractivity contribution < 1.29 is 4.74 Å². The summed E-state index contributed by atoms with van der Waals surface area (Å²) in [4.78, 5) is 4.30. The molecule has 1 N–H and O–H groups in total. The molecule has 0 radical (unpaired) electrons. The minimum atomic E-state index is 0.599. The summed E-state index contributed by atoms with van der Waals surface area (Å²) in [5.41, 5.74) is 1.05. The standard InChI is InChI=1S/C16H20ClN3O/c1-20-9-8-18-16(20)7-10-21-15-4-2-3-14(17)13(15)11-19-12-5-6-12/h2-4,8-9,12,19H,5-7,10-11H2,1H3. The van der Waals surface area contributed by atoms with Crippen molar-refractivity contribution in [2.24, 2.45) is 7.05 Å². The predicted octanol–water partition coefficient (Wildman–Crippen LogP) is 2.95. The maximum atomic E-state index is 6.30. The molecule has 0 atom stereocenters. The molecule has 4 nitrogen and oxygen atoms in total. The van der Waals surface area contributed by atoms with Crippen molar-refractivity contribution in [3.63, 3.8) is 0 Å². The zero-order valence-corrected chi connectivity index (χ0v) is 12.9. The van der Waals surface area contributed by atoms with E-state index in [-0.39, 0.29) is 0 Å². The van der Waals surface area contributed by atoms with Crippen LogP contribution in [0.25, 0.3) is 0 Å². The SMILES string of the molecule is Cn1ccnc1CCOc1cccc(Cl)c1CNC1CC1. The van der Waals surface area contributed by atoms with Crippen molar-refractivity contribution in [1.29, 1.82) is 0 Å². The van der Waals surface area contributed by atoms with Crippen molar-refractivity contribution in [1.82, 2.24) is 14.9 Å². The molecule has 0 saturated heterocycles. The number of nitrogens with one attached hydrogen (secondary N) is 1. The average molecular weight is 306 g/mol. The number of aromatic nitrogens is 2. The van der Waals surface area contributed by atoms with Crippen LogP contribution in [0.5, 0.6) is 5.75 Å². The maximum absolute atomic E-state index is 6.30. The number of ether oxygens (including phenoxy) is 1. The van der Waals surface area contributed by atoms with Gasteiger partial charge in [-0.1, -0.05) is 17.7 Å². The molecule has 1 aliphatic carbocycles. The van der Waals surface area contributed by atoms with Gasteiger partial charge in [-0.3, -0.25) is 0 Å². The van der Waals surface area contributed by atoms with Crippen molar-refractivity contribution in [2.75, 3.05) is 6.61 Å². The summed E-state index contributed by atoms with van der Waals surface area (Å²) < 4.78 is 7.93. The monoisotopic (exact) mass is 305 g/mol. The quantitative estimate of drug-likeness (QED) is 0.855. The third-order valence-electron chi connectivity index (χ3n) is 3.72. The molecule has 1 aliphatic rings. The predicted molar refractivity (Wildman–Crippen MR) is 83.7 cm³/mol. The topological polar surface area (TPSA) is 39.1 Å². The lowest BCUT2D eigenvalue weighted by Crippen LogP contribution is -2.17. The summed E-state index contributed by atoms with van der Waals surface area (Å²) in [5, 5.41) is 4.25. The number of imidazole rings is 1. The molecule has 0 spiro atoms. The smallest absolute Gasteiger partial charge is 0.125 e. The van der Waals surface area contributed by atoms with Crippen LogP contribution in [0.1, 0.15) is 24.2 Å². The Morgan fingerprint density at radius 1 is 1.43 bits per heavy atom. The van der Waals surface area contributed by atoms with Crippen molar-refractivity contribution in [2.45, 2.75) is 31.8 Å². The zero-order chi connectivity index (χ0) is 14.7. The second-order valence-electron chi connectivity index (χ2n) is 5.42. The second-order valence-corrected chi connectivity index (χ2v) is 5.83. The van der Waals surface area contributed by atoms with Crippen LogP contribution in [0.4, 0.5) is 0 Å². The van der Waals surface area contributed by atoms with Crippen LogP contribution in [0, 0.1) is 0 Å². The van der Waals surface area contributed by atoms with Crippen LogP contribution in [0.15, 0.2) is 30.6 Å². The van der Waals surface area contributed by atoms with E-state index in [0.29, 0.717) is 12.6 Å². The molecular formula is C16H20ClN3O. The van der Waals surface area contributed by atoms with E-state index in [9.17, 15) is 0 Å². The highest BCUT2D eigenvalue weighted by atomic mass is 35.5. The average Bonchev–Trinajstić information content (AvgIpc) is 3.21. The minimum absolute atomic E-state index is 0.599. The highest BCUT2D eigenvalue weighted by molar-refractivity contribution is 6.31. The molecule has 0 amide bonds. The summed E-state index contributed by atoms with van der Waals surface area (Å²) in [7, 11) is 1.99. The summed E-state index contributed by atoms with van der Waals surface area (Å²) in [5.74, 6) is 1.89. The van der Waals surface area contributed by atoms with Gasteiger partial charge in [0.25, 0.3) is 0 Å². The highest BCUT2D eigenvalue weighted by Gasteiger charge is 2.21. The fraction of sp³-hybridized carbons (Fsp3) is 0.438. The molecule has 0 bridgehead atoms. The molecule has 0 aliphatic heterocycles. The number of hydrogen-bond acceptors (Lipinski definition) is 3. The molecule has 112 valence electrons. The molecule has 21 heavy (non-hydrogen) atoms. The second kappa shape index (κ2) is 6.50. The van der Waals surface area contributed by atoms with Gasteiger partial charge in [0.2, 0.25) is 0 Å². The number of aryl methyl sites for hydroxylation is 1. The van der Waals surface area contributed by atoms with Crippen LogP contribution >= 0.6 is 11.6 Å². The van der Waals surface area contributed by atoms with E-state index < -0.39 is 0 Å². The van der Waals surface area contributed by atoms with Crippen LogP contribution in [0.3, 0.4) is 0 Å². The van der Waals surface area contributed by atoms with Crippen molar-refractivity contribution in [3.8, 4) is 5.75 Å². The van der Waals surface area contributed by atoms with Crippen LogP contribution in [-0.4, -0.2) is 22.2 Å². The number of nitrogens with zero attached hydrogens (tertiary/aromatic N) is 2. The largest absolute Gasteiger partial charge is 0.493 e. The Balaban J connectivity index is 1.60. The van der Waals surface area contributed by atoms with Crippen LogP contribution < -0.4 is 10.1 Å². The Morgan fingerprint density at radius 2 is 2.29 bits per heavy atom. The van der Waals surface area contributed by atoms with Gasteiger partial charge in [0.15, 0.2) is 0 Å². The Labute approximate surface area is 130 Å². The molecule has 2 aromatic rings. The van der Waals surface area contributed by atoms with E-state index in [1.807, 2.05) is 36.0 Å². The maximum Gasteiger partial charge on any atom is 0.125 e. The summed E-state index contributed by atoms with van der Waals surface area (Å²) in [6.07, 6.45) is 7.06. The van der Waals surface area contributed by atoms with Gasteiger partial charge in [0.05, 0.1) is 6.61 Å². The molecule has 3 rings (SSSR count). The highest BCUT2D eigenvalue weighted by Crippen LogP contribution is 2.28. The normalized spacial score (nSPS) is 14.4. The third-order valence-corrected chi connectivity index (χ3v) is 4.08. The molecule has 1 saturated carbocycles. The Bertz CT molecular complexity index is 607. The van der Waals surface area contributed by atoms with E-state index in [0.717, 1.165) is 35.1 Å². The van der Waals surface area contributed by atoms with E-state index in [1.165, 1.54) is 12.8 Å². The molecule has 1 aromatic carbocycles. The number of rotatable bonds is 7. The number of hydrogen-bond donors (Lipinski definition) is 1. The summed E-state index contributed by atoms with van der Waals surface area (Å²) in [6.45, 7) is 1.36. The van der Waals surface area contributed by atoms with E-state index in [2.05, 4.69) is 10.3 Å². The molecule has 0 unspecified atom stereocenters. The fourth-order valence-electron chi connectivity index (χ4n) is 2.27. The number of halogens is 1. The lowest BCUT2D eigenvalue weighted by Gasteiger charge is -2.13. The third kappa shape index (κ3) is 3.77. The first-order valence-corrected chi connectivity index (χ1v) is 7.71. The van der Waals surface area contributed by atoms with Gasteiger partial charge in [0, 0.05) is 49.0 Å². The van der Waals surface area contributed by atoms with Gasteiger partial charge in [-0.2, -0.15) is 0 Å². The van der Waals surface area contributed by atoms with Crippen LogP contribution in [-0.2, 0) is 20.0 Å². The summed E-state index contributed by atoms with van der Waals surface area (Å²) in [6, 6.07) is 6.48. The van der Waals surface area contributed by atoms with Gasteiger partial charge >= 0.3 is 0 Å². The Morgan fingerprint density at radius 3 is 3.00 bits per heavy atom. The Hall–Kier alpha value is -1.52. The lowest BCUT2D eigenvalue weighted by atomic mass is 10.2. The molecule has 1 fully saturated rings. The Kier molecular flexibility index (Phi) is 4.46. The van der Waals surface area contributed by atoms with Gasteiger partial charge in [-0.15, -0.1) is 0 Å². The lowest BCUT2D eigenvalue weighted by molar-refractivity contribution is 0.313. The van der Waals surface area contributed by atoms with Crippen LogP contribution in [0.2, 0.25) is 5.02 Å². The zero-order valence-electron chi connectivity index (χ0n) is 12.2. The van der Waals surface area contributed by atoms with E-state index in [1.54, 1.807) is 6.20 Å². The molecule has 5 heteroatoms. The van der Waals surface area contributed by atoms with Crippen molar-refractivity contribution in [3.05, 3.63) is 47.0 Å². The van der Waals surface area contributed by atoms with Gasteiger partial charge in [-0.05, 0) is 25.0 Å². The first kappa shape index (κ1) is 14.4. The van der Waals surface area contributed by atoms with E-state index in [4.69, 9.17) is 16.3 Å². The summed E-state index contributed by atoms with van der Waals surface area (Å²) >= 11 is 6.30. The van der Waals surface area contributed by atoms with Gasteiger partial charge in [0.1, 0.15) is 11.6 Å². The minimum Gasteiger partial charge on any atom is -0.493 e. The van der Waals surface area contributed by atoms with Gasteiger partial charge in [-0.25, -0.2) is 4.98 Å². The first-order valence-electron chi connectivity index (χ1n) is 7.34. The number of benzene rings is 1.